The zero-order valence-corrected chi connectivity index (χ0v) is 13.4. The predicted molar refractivity (Wildman–Crippen MR) is 83.7 cm³/mol. The SMILES string of the molecule is CC(C)(Oc1ccc(C(=O)c2ccc(C(F)(F)F)cc2)cc1)C(=O)O. The third-order valence-corrected chi connectivity index (χ3v) is 3.48. The summed E-state index contributed by atoms with van der Waals surface area (Å²) in [6, 6.07) is 9.64. The maximum absolute atomic E-state index is 12.5. The van der Waals surface area contributed by atoms with Crippen LogP contribution in [0.4, 0.5) is 13.2 Å². The van der Waals surface area contributed by atoms with Gasteiger partial charge in [-0.2, -0.15) is 13.2 Å². The highest BCUT2D eigenvalue weighted by Crippen LogP contribution is 2.29. The molecule has 25 heavy (non-hydrogen) atoms. The fourth-order valence-electron chi connectivity index (χ4n) is 1.99. The van der Waals surface area contributed by atoms with Crippen LogP contribution in [0.1, 0.15) is 35.3 Å². The van der Waals surface area contributed by atoms with Crippen molar-refractivity contribution in [2.45, 2.75) is 25.6 Å². The van der Waals surface area contributed by atoms with Crippen molar-refractivity contribution in [2.24, 2.45) is 0 Å². The van der Waals surface area contributed by atoms with Crippen LogP contribution in [-0.2, 0) is 11.0 Å². The maximum Gasteiger partial charge on any atom is 0.416 e. The lowest BCUT2D eigenvalue weighted by atomic mass is 10.0. The Hall–Kier alpha value is -2.83. The monoisotopic (exact) mass is 352 g/mol. The average molecular weight is 352 g/mol. The van der Waals surface area contributed by atoms with Crippen LogP contribution >= 0.6 is 0 Å². The summed E-state index contributed by atoms with van der Waals surface area (Å²) in [7, 11) is 0. The van der Waals surface area contributed by atoms with E-state index in [0.717, 1.165) is 24.3 Å². The Morgan fingerprint density at radius 2 is 1.32 bits per heavy atom. The van der Waals surface area contributed by atoms with Gasteiger partial charge in [-0.1, -0.05) is 12.1 Å². The molecule has 132 valence electrons. The lowest BCUT2D eigenvalue weighted by Crippen LogP contribution is -2.37. The summed E-state index contributed by atoms with van der Waals surface area (Å²) in [6.45, 7) is 2.77. The molecular formula is C18H15F3O4. The predicted octanol–water partition coefficient (Wildman–Crippen LogP) is 4.18. The van der Waals surface area contributed by atoms with E-state index in [1.54, 1.807) is 0 Å². The summed E-state index contributed by atoms with van der Waals surface area (Å²) in [5, 5.41) is 9.01. The molecule has 2 aromatic rings. The fraction of sp³-hybridized carbons (Fsp3) is 0.222. The first-order valence-electron chi connectivity index (χ1n) is 7.25. The van der Waals surface area contributed by atoms with Crippen LogP contribution in [-0.4, -0.2) is 22.5 Å². The van der Waals surface area contributed by atoms with E-state index in [9.17, 15) is 22.8 Å². The molecular weight excluding hydrogens is 337 g/mol. The van der Waals surface area contributed by atoms with Gasteiger partial charge in [0, 0.05) is 11.1 Å². The summed E-state index contributed by atoms with van der Waals surface area (Å²) in [5.74, 6) is -1.33. The first-order valence-corrected chi connectivity index (χ1v) is 7.25. The molecule has 0 spiro atoms. The molecule has 4 nitrogen and oxygen atoms in total. The van der Waals surface area contributed by atoms with E-state index in [1.807, 2.05) is 0 Å². The molecule has 2 aromatic carbocycles. The van der Waals surface area contributed by atoms with Crippen molar-refractivity contribution in [1.29, 1.82) is 0 Å². The molecule has 0 aliphatic carbocycles. The van der Waals surface area contributed by atoms with Gasteiger partial charge in [-0.05, 0) is 50.2 Å². The number of ketones is 1. The molecule has 0 atom stereocenters. The molecule has 0 radical (unpaired) electrons. The first-order chi connectivity index (χ1) is 11.5. The Labute approximate surface area is 141 Å². The van der Waals surface area contributed by atoms with Crippen LogP contribution in [0.3, 0.4) is 0 Å². The number of carboxylic acids is 1. The minimum absolute atomic E-state index is 0.118. The number of carbonyl (C=O) groups excluding carboxylic acids is 1. The Morgan fingerprint density at radius 3 is 1.72 bits per heavy atom. The third-order valence-electron chi connectivity index (χ3n) is 3.48. The van der Waals surface area contributed by atoms with Crippen LogP contribution < -0.4 is 4.74 Å². The van der Waals surface area contributed by atoms with Gasteiger partial charge in [0.1, 0.15) is 5.75 Å². The van der Waals surface area contributed by atoms with Gasteiger partial charge in [0.05, 0.1) is 5.56 Å². The van der Waals surface area contributed by atoms with Crippen LogP contribution in [0.5, 0.6) is 5.75 Å². The van der Waals surface area contributed by atoms with E-state index in [0.29, 0.717) is 0 Å². The zero-order chi connectivity index (χ0) is 18.8. The number of rotatable bonds is 5. The second-order valence-electron chi connectivity index (χ2n) is 5.85. The number of ether oxygens (including phenoxy) is 1. The van der Waals surface area contributed by atoms with Crippen LogP contribution in [0, 0.1) is 0 Å². The van der Waals surface area contributed by atoms with Crippen LogP contribution in [0.15, 0.2) is 48.5 Å². The topological polar surface area (TPSA) is 63.6 Å². The molecule has 0 amide bonds. The minimum Gasteiger partial charge on any atom is -0.478 e. The molecule has 0 unspecified atom stereocenters. The van der Waals surface area contributed by atoms with Crippen molar-refractivity contribution < 1.29 is 32.6 Å². The molecule has 7 heteroatoms. The number of aliphatic carboxylic acids is 1. The molecule has 1 N–H and O–H groups in total. The smallest absolute Gasteiger partial charge is 0.416 e. The number of halogens is 3. The number of carbonyl (C=O) groups is 2. The van der Waals surface area contributed by atoms with Crippen molar-refractivity contribution >= 4 is 11.8 Å². The molecule has 0 aliphatic heterocycles. The zero-order valence-electron chi connectivity index (χ0n) is 13.4. The number of hydrogen-bond acceptors (Lipinski definition) is 3. The van der Waals surface area contributed by atoms with E-state index in [-0.39, 0.29) is 16.9 Å². The minimum atomic E-state index is -4.46. The van der Waals surface area contributed by atoms with Gasteiger partial charge in [-0.15, -0.1) is 0 Å². The van der Waals surface area contributed by atoms with E-state index in [1.165, 1.54) is 38.1 Å². The maximum atomic E-state index is 12.5. The van der Waals surface area contributed by atoms with Crippen LogP contribution in [0.25, 0.3) is 0 Å². The standard InChI is InChI=1S/C18H15F3O4/c1-17(2,16(23)24)25-14-9-5-12(6-10-14)15(22)11-3-7-13(8-4-11)18(19,20)21/h3-10H,1-2H3,(H,23,24). The Balaban J connectivity index is 2.17. The van der Waals surface area contributed by atoms with Gasteiger partial charge in [0.25, 0.3) is 0 Å². The van der Waals surface area contributed by atoms with Gasteiger partial charge < -0.3 is 9.84 Å². The Bertz CT molecular complexity index is 775. The van der Waals surface area contributed by atoms with Gasteiger partial charge in [-0.25, -0.2) is 4.79 Å². The Morgan fingerprint density at radius 1 is 0.880 bits per heavy atom. The number of hydrogen-bond donors (Lipinski definition) is 1. The second-order valence-corrected chi connectivity index (χ2v) is 5.85. The molecule has 0 bridgehead atoms. The van der Waals surface area contributed by atoms with Gasteiger partial charge in [-0.3, -0.25) is 4.79 Å². The molecule has 0 heterocycles. The van der Waals surface area contributed by atoms with Crippen LogP contribution in [0.2, 0.25) is 0 Å². The van der Waals surface area contributed by atoms with Crippen molar-refractivity contribution in [2.75, 3.05) is 0 Å². The van der Waals surface area contributed by atoms with E-state index in [2.05, 4.69) is 0 Å². The second kappa shape index (κ2) is 6.58. The summed E-state index contributed by atoms with van der Waals surface area (Å²) >= 11 is 0. The quantitative estimate of drug-likeness (QED) is 0.820. The number of alkyl halides is 3. The Kier molecular flexibility index (Phi) is 4.87. The van der Waals surface area contributed by atoms with E-state index in [4.69, 9.17) is 9.84 Å². The summed E-state index contributed by atoms with van der Waals surface area (Å²) in [6.07, 6.45) is -4.46. The van der Waals surface area contributed by atoms with Crippen molar-refractivity contribution in [3.63, 3.8) is 0 Å². The van der Waals surface area contributed by atoms with Crippen molar-refractivity contribution in [3.8, 4) is 5.75 Å². The molecule has 0 saturated heterocycles. The number of carboxylic acid groups (broad SMARTS) is 1. The van der Waals surface area contributed by atoms with Gasteiger partial charge in [0.15, 0.2) is 11.4 Å². The molecule has 2 rings (SSSR count). The summed E-state index contributed by atoms with van der Waals surface area (Å²) in [4.78, 5) is 23.3. The lowest BCUT2D eigenvalue weighted by Gasteiger charge is -2.21. The van der Waals surface area contributed by atoms with E-state index >= 15 is 0 Å². The highest BCUT2D eigenvalue weighted by molar-refractivity contribution is 6.09. The number of benzene rings is 2. The fourth-order valence-corrected chi connectivity index (χ4v) is 1.99. The highest BCUT2D eigenvalue weighted by atomic mass is 19.4. The first kappa shape index (κ1) is 18.5. The van der Waals surface area contributed by atoms with Crippen molar-refractivity contribution in [3.05, 3.63) is 65.2 Å². The average Bonchev–Trinajstić information content (AvgIpc) is 2.54. The van der Waals surface area contributed by atoms with Crippen molar-refractivity contribution in [1.82, 2.24) is 0 Å². The molecule has 0 fully saturated rings. The van der Waals surface area contributed by atoms with E-state index < -0.39 is 29.1 Å². The summed E-state index contributed by atoms with van der Waals surface area (Å²) in [5.41, 5.74) is -1.89. The largest absolute Gasteiger partial charge is 0.478 e. The van der Waals surface area contributed by atoms with Gasteiger partial charge in [0.2, 0.25) is 0 Å². The lowest BCUT2D eigenvalue weighted by molar-refractivity contribution is -0.152. The molecule has 0 aromatic heterocycles. The van der Waals surface area contributed by atoms with Gasteiger partial charge >= 0.3 is 12.1 Å². The molecule has 0 saturated carbocycles. The third kappa shape index (κ3) is 4.37. The normalized spacial score (nSPS) is 11.9. The summed E-state index contributed by atoms with van der Waals surface area (Å²) < 4.78 is 42.9. The molecule has 0 aliphatic rings. The highest BCUT2D eigenvalue weighted by Gasteiger charge is 2.30.